The number of amides is 2. The van der Waals surface area contributed by atoms with Gasteiger partial charge in [0.05, 0.1) is 5.92 Å². The maximum absolute atomic E-state index is 12.8. The van der Waals surface area contributed by atoms with Crippen molar-refractivity contribution in [2.45, 2.75) is 63.7 Å². The van der Waals surface area contributed by atoms with Crippen molar-refractivity contribution < 1.29 is 22.8 Å². The van der Waals surface area contributed by atoms with E-state index in [2.05, 4.69) is 0 Å². The smallest absolute Gasteiger partial charge is 0.336 e. The van der Waals surface area contributed by atoms with E-state index in [9.17, 15) is 22.8 Å². The first-order valence-electron chi connectivity index (χ1n) is 8.43. The molecule has 3 aliphatic rings. The predicted molar refractivity (Wildman–Crippen MR) is 77.4 cm³/mol. The molecule has 0 unspecified atom stereocenters. The van der Waals surface area contributed by atoms with E-state index < -0.39 is 24.5 Å². The molecule has 3 rings (SSSR count). The minimum Gasteiger partial charge on any atom is -0.336 e. The molecule has 1 saturated carbocycles. The van der Waals surface area contributed by atoms with Crippen LogP contribution in [0.2, 0.25) is 0 Å². The molecule has 4 atom stereocenters. The summed E-state index contributed by atoms with van der Waals surface area (Å²) in [7, 11) is 0. The molecule has 1 aliphatic carbocycles. The second kappa shape index (κ2) is 5.98. The SMILES string of the molecule is C[C@@H]1C[C@@H]2CCCC[C@H]2N1C(=O)[C@H]1CC(=O)N(CC(F)(F)F)C1. The standard InChI is InChI=1S/C16H23F3N2O2/c1-10-6-11-4-2-3-5-13(11)21(10)15(23)12-7-14(22)20(8-12)9-16(17,18)19/h10-13H,2-9H2,1H3/t10-,11+,12+,13-/m1/s1. The molecule has 2 amide bonds. The Kier molecular flexibility index (Phi) is 4.31. The molecule has 23 heavy (non-hydrogen) atoms. The van der Waals surface area contributed by atoms with Gasteiger partial charge >= 0.3 is 6.18 Å². The Balaban J connectivity index is 1.67. The summed E-state index contributed by atoms with van der Waals surface area (Å²) in [6.07, 6.45) is 0.872. The van der Waals surface area contributed by atoms with E-state index in [4.69, 9.17) is 0 Å². The molecule has 2 heterocycles. The highest BCUT2D eigenvalue weighted by atomic mass is 19.4. The van der Waals surface area contributed by atoms with Crippen LogP contribution in [0.1, 0.15) is 45.4 Å². The molecule has 0 aromatic heterocycles. The number of rotatable bonds is 2. The minimum atomic E-state index is -4.41. The molecule has 0 bridgehead atoms. The lowest BCUT2D eigenvalue weighted by molar-refractivity contribution is -0.157. The summed E-state index contributed by atoms with van der Waals surface area (Å²) in [5.74, 6) is -0.781. The van der Waals surface area contributed by atoms with Crippen LogP contribution < -0.4 is 0 Å². The van der Waals surface area contributed by atoms with E-state index in [0.717, 1.165) is 30.6 Å². The van der Waals surface area contributed by atoms with Gasteiger partial charge in [0, 0.05) is 25.0 Å². The van der Waals surface area contributed by atoms with Crippen LogP contribution in [0.5, 0.6) is 0 Å². The van der Waals surface area contributed by atoms with Gasteiger partial charge < -0.3 is 9.80 Å². The zero-order valence-corrected chi connectivity index (χ0v) is 13.3. The molecule has 0 N–H and O–H groups in total. The first kappa shape index (κ1) is 16.6. The monoisotopic (exact) mass is 332 g/mol. The number of hydrogen-bond acceptors (Lipinski definition) is 2. The van der Waals surface area contributed by atoms with Crippen LogP contribution in [0.25, 0.3) is 0 Å². The second-order valence-electron chi connectivity index (χ2n) is 7.23. The Labute approximate surface area is 134 Å². The van der Waals surface area contributed by atoms with Gasteiger partial charge in [-0.1, -0.05) is 12.8 Å². The third-order valence-electron chi connectivity index (χ3n) is 5.53. The van der Waals surface area contributed by atoms with Crippen molar-refractivity contribution in [2.24, 2.45) is 11.8 Å². The van der Waals surface area contributed by atoms with Gasteiger partial charge in [-0.25, -0.2) is 0 Å². The van der Waals surface area contributed by atoms with Crippen LogP contribution in [0.3, 0.4) is 0 Å². The van der Waals surface area contributed by atoms with E-state index in [0.29, 0.717) is 5.92 Å². The van der Waals surface area contributed by atoms with E-state index in [1.807, 2.05) is 11.8 Å². The largest absolute Gasteiger partial charge is 0.406 e. The maximum atomic E-state index is 12.8. The molecule has 0 aromatic rings. The van der Waals surface area contributed by atoms with Crippen LogP contribution >= 0.6 is 0 Å². The fourth-order valence-corrected chi connectivity index (χ4v) is 4.61. The normalized spacial score (nSPS) is 34.9. The van der Waals surface area contributed by atoms with Crippen LogP contribution in [-0.2, 0) is 9.59 Å². The first-order valence-corrected chi connectivity index (χ1v) is 8.43. The van der Waals surface area contributed by atoms with Crippen molar-refractivity contribution in [3.05, 3.63) is 0 Å². The van der Waals surface area contributed by atoms with Crippen molar-refractivity contribution in [3.8, 4) is 0 Å². The number of likely N-dealkylation sites (tertiary alicyclic amines) is 2. The van der Waals surface area contributed by atoms with E-state index >= 15 is 0 Å². The minimum absolute atomic E-state index is 0.0878. The average Bonchev–Trinajstić information content (AvgIpc) is 2.96. The van der Waals surface area contributed by atoms with Crippen LogP contribution in [-0.4, -0.2) is 53.0 Å². The lowest BCUT2D eigenvalue weighted by atomic mass is 9.84. The maximum Gasteiger partial charge on any atom is 0.406 e. The molecule has 3 fully saturated rings. The van der Waals surface area contributed by atoms with Crippen LogP contribution in [0, 0.1) is 11.8 Å². The Morgan fingerprint density at radius 2 is 1.96 bits per heavy atom. The molecule has 0 aromatic carbocycles. The van der Waals surface area contributed by atoms with Gasteiger partial charge in [0.2, 0.25) is 11.8 Å². The number of carbonyl (C=O) groups excluding carboxylic acids is 2. The van der Waals surface area contributed by atoms with Gasteiger partial charge in [0.1, 0.15) is 6.54 Å². The Hall–Kier alpha value is -1.27. The number of halogens is 3. The fourth-order valence-electron chi connectivity index (χ4n) is 4.61. The second-order valence-corrected chi connectivity index (χ2v) is 7.23. The van der Waals surface area contributed by atoms with Crippen LogP contribution in [0.15, 0.2) is 0 Å². The average molecular weight is 332 g/mol. The van der Waals surface area contributed by atoms with Gasteiger partial charge in [-0.15, -0.1) is 0 Å². The van der Waals surface area contributed by atoms with Crippen LogP contribution in [0.4, 0.5) is 13.2 Å². The summed E-state index contributed by atoms with van der Waals surface area (Å²) in [6, 6.07) is 0.348. The summed E-state index contributed by atoms with van der Waals surface area (Å²) in [5.41, 5.74) is 0. The third-order valence-corrected chi connectivity index (χ3v) is 5.53. The van der Waals surface area contributed by atoms with E-state index in [1.54, 1.807) is 0 Å². The van der Waals surface area contributed by atoms with Gasteiger partial charge in [0.25, 0.3) is 0 Å². The third kappa shape index (κ3) is 3.33. The van der Waals surface area contributed by atoms with E-state index in [1.165, 1.54) is 6.42 Å². The molecule has 2 aliphatic heterocycles. The van der Waals surface area contributed by atoms with Crippen molar-refractivity contribution in [1.29, 1.82) is 0 Å². The molecular formula is C16H23F3N2O2. The summed E-state index contributed by atoms with van der Waals surface area (Å²) in [4.78, 5) is 27.3. The molecule has 0 radical (unpaired) electrons. The Morgan fingerprint density at radius 1 is 1.26 bits per heavy atom. The van der Waals surface area contributed by atoms with Crippen molar-refractivity contribution in [3.63, 3.8) is 0 Å². The number of carbonyl (C=O) groups is 2. The van der Waals surface area contributed by atoms with Crippen molar-refractivity contribution >= 4 is 11.8 Å². The zero-order valence-electron chi connectivity index (χ0n) is 13.3. The summed E-state index contributed by atoms with van der Waals surface area (Å²) in [6.45, 7) is 0.662. The van der Waals surface area contributed by atoms with Gasteiger partial charge in [-0.05, 0) is 32.1 Å². The van der Waals surface area contributed by atoms with Crippen molar-refractivity contribution in [1.82, 2.24) is 9.80 Å². The number of alkyl halides is 3. The molecule has 4 nitrogen and oxygen atoms in total. The van der Waals surface area contributed by atoms with Gasteiger partial charge in [-0.2, -0.15) is 13.2 Å². The molecular weight excluding hydrogens is 309 g/mol. The summed E-state index contributed by atoms with van der Waals surface area (Å²) in [5, 5.41) is 0. The van der Waals surface area contributed by atoms with Crippen molar-refractivity contribution in [2.75, 3.05) is 13.1 Å². The van der Waals surface area contributed by atoms with E-state index in [-0.39, 0.29) is 31.0 Å². The first-order chi connectivity index (χ1) is 10.8. The lowest BCUT2D eigenvalue weighted by Crippen LogP contribution is -2.46. The number of nitrogens with zero attached hydrogens (tertiary/aromatic N) is 2. The highest BCUT2D eigenvalue weighted by Gasteiger charge is 2.47. The predicted octanol–water partition coefficient (Wildman–Crippen LogP) is 2.58. The van der Waals surface area contributed by atoms with Gasteiger partial charge in [-0.3, -0.25) is 9.59 Å². The summed E-state index contributed by atoms with van der Waals surface area (Å²) >= 11 is 0. The molecule has 130 valence electrons. The Morgan fingerprint density at radius 3 is 2.65 bits per heavy atom. The molecule has 7 heteroatoms. The lowest BCUT2D eigenvalue weighted by Gasteiger charge is -2.34. The molecule has 2 saturated heterocycles. The highest BCUT2D eigenvalue weighted by Crippen LogP contribution is 2.41. The summed E-state index contributed by atoms with van der Waals surface area (Å²) < 4.78 is 37.5. The van der Waals surface area contributed by atoms with Gasteiger partial charge in [0.15, 0.2) is 0 Å². The highest BCUT2D eigenvalue weighted by molar-refractivity contribution is 5.89. The molecule has 0 spiro atoms. The Bertz CT molecular complexity index is 494. The number of fused-ring (bicyclic) bond motifs is 1. The number of hydrogen-bond donors (Lipinski definition) is 0. The quantitative estimate of drug-likeness (QED) is 0.780. The topological polar surface area (TPSA) is 40.6 Å². The zero-order chi connectivity index (χ0) is 16.8. The fraction of sp³-hybridized carbons (Fsp3) is 0.875.